The van der Waals surface area contributed by atoms with Gasteiger partial charge in [-0.25, -0.2) is 5.43 Å². The number of amides is 1. The Morgan fingerprint density at radius 3 is 2.36 bits per heavy atom. The van der Waals surface area contributed by atoms with Crippen LogP contribution in [0.5, 0.6) is 5.75 Å². The molecule has 1 amide bonds. The maximum Gasteiger partial charge on any atom is 0.307 e. The second-order valence-corrected chi connectivity index (χ2v) is 9.72. The number of carbonyl (C=O) groups is 1. The van der Waals surface area contributed by atoms with Gasteiger partial charge in [0.15, 0.2) is 5.76 Å². The maximum atomic E-state index is 12.6. The van der Waals surface area contributed by atoms with Gasteiger partial charge in [-0.1, -0.05) is 23.7 Å². The Balaban J connectivity index is 1.18. The number of carbonyl (C=O) groups excluding carboxylic acids is 1. The van der Waals surface area contributed by atoms with Gasteiger partial charge in [0.25, 0.3) is 0 Å². The smallest absolute Gasteiger partial charge is 0.307 e. The van der Waals surface area contributed by atoms with Gasteiger partial charge >= 0.3 is 5.91 Å². The molecule has 3 aromatic heterocycles. The average Bonchev–Trinajstić information content (AvgIpc) is 3.61. The molecule has 0 unspecified atom stereocenters. The summed E-state index contributed by atoms with van der Waals surface area (Å²) in [6.45, 7) is 8.33. The first-order valence-electron chi connectivity index (χ1n) is 12.6. The molecule has 5 rings (SSSR count). The standard InChI is InChI=1S/C31H29ClN4O3/c1-20-9-10-21(2)35(20)25-11-13-26(14-12-25)38-19-27-15-16-30(39-27)31(37)34-33-18-24-17-22(3)36(23(24)4)29-8-6-5-7-28(29)32/h5-18H,19H2,1-4H3,(H,34,37)/b33-18+. The third kappa shape index (κ3) is 5.54. The lowest BCUT2D eigenvalue weighted by Crippen LogP contribution is -2.16. The third-order valence-electron chi connectivity index (χ3n) is 6.57. The number of furan rings is 1. The molecule has 0 spiro atoms. The van der Waals surface area contributed by atoms with E-state index in [1.54, 1.807) is 18.3 Å². The van der Waals surface area contributed by atoms with Crippen LogP contribution in [0.2, 0.25) is 5.02 Å². The largest absolute Gasteiger partial charge is 0.486 e. The van der Waals surface area contributed by atoms with Crippen molar-refractivity contribution in [3.63, 3.8) is 0 Å². The highest BCUT2D eigenvalue weighted by Gasteiger charge is 2.13. The molecule has 0 fully saturated rings. The number of ether oxygens (including phenoxy) is 1. The number of hydrogen-bond donors (Lipinski definition) is 1. The third-order valence-corrected chi connectivity index (χ3v) is 6.89. The van der Waals surface area contributed by atoms with Crippen molar-refractivity contribution in [2.24, 2.45) is 5.10 Å². The van der Waals surface area contributed by atoms with E-state index in [4.69, 9.17) is 20.8 Å². The summed E-state index contributed by atoms with van der Waals surface area (Å²) < 4.78 is 15.8. The highest BCUT2D eigenvalue weighted by molar-refractivity contribution is 6.32. The highest BCUT2D eigenvalue weighted by Crippen LogP contribution is 2.26. The number of para-hydroxylation sites is 1. The molecule has 5 aromatic rings. The minimum atomic E-state index is -0.445. The Kier molecular flexibility index (Phi) is 7.43. The summed E-state index contributed by atoms with van der Waals surface area (Å²) in [5.74, 6) is 0.955. The first-order chi connectivity index (χ1) is 18.8. The van der Waals surface area contributed by atoms with E-state index in [0.717, 1.165) is 28.3 Å². The van der Waals surface area contributed by atoms with Gasteiger partial charge in [0.05, 0.1) is 16.9 Å². The Morgan fingerprint density at radius 1 is 0.923 bits per heavy atom. The van der Waals surface area contributed by atoms with Crippen LogP contribution in [0, 0.1) is 27.7 Å². The van der Waals surface area contributed by atoms with Crippen LogP contribution >= 0.6 is 11.6 Å². The van der Waals surface area contributed by atoms with Crippen molar-refractivity contribution in [2.45, 2.75) is 34.3 Å². The molecular formula is C31H29ClN4O3. The van der Waals surface area contributed by atoms with Gasteiger partial charge < -0.3 is 18.3 Å². The van der Waals surface area contributed by atoms with Crippen molar-refractivity contribution in [2.75, 3.05) is 0 Å². The number of aromatic nitrogens is 2. The number of benzene rings is 2. The molecule has 0 radical (unpaired) electrons. The molecular weight excluding hydrogens is 512 g/mol. The lowest BCUT2D eigenvalue weighted by molar-refractivity contribution is 0.0923. The Hall–Kier alpha value is -4.49. The van der Waals surface area contributed by atoms with Crippen LogP contribution in [0.25, 0.3) is 11.4 Å². The molecule has 0 bridgehead atoms. The zero-order valence-electron chi connectivity index (χ0n) is 22.2. The summed E-state index contributed by atoms with van der Waals surface area (Å²) in [5.41, 5.74) is 9.68. The van der Waals surface area contributed by atoms with E-state index >= 15 is 0 Å². The zero-order chi connectivity index (χ0) is 27.5. The van der Waals surface area contributed by atoms with Gasteiger partial charge in [0.2, 0.25) is 0 Å². The van der Waals surface area contributed by atoms with Crippen molar-refractivity contribution in [3.8, 4) is 17.1 Å². The molecule has 0 atom stereocenters. The van der Waals surface area contributed by atoms with E-state index < -0.39 is 5.91 Å². The molecule has 0 aliphatic heterocycles. The number of rotatable bonds is 8. The fourth-order valence-corrected chi connectivity index (χ4v) is 4.86. The average molecular weight is 541 g/mol. The van der Waals surface area contributed by atoms with Crippen LogP contribution in [0.1, 0.15) is 44.7 Å². The second-order valence-electron chi connectivity index (χ2n) is 9.31. The Bertz CT molecular complexity index is 1640. The molecule has 7 nitrogen and oxygen atoms in total. The molecule has 39 heavy (non-hydrogen) atoms. The maximum absolute atomic E-state index is 12.6. The Labute approximate surface area is 232 Å². The van der Waals surface area contributed by atoms with E-state index in [0.29, 0.717) is 16.5 Å². The first-order valence-corrected chi connectivity index (χ1v) is 12.9. The Morgan fingerprint density at radius 2 is 1.64 bits per heavy atom. The predicted octanol–water partition coefficient (Wildman–Crippen LogP) is 7.09. The summed E-state index contributed by atoms with van der Waals surface area (Å²) in [5, 5.41) is 4.79. The van der Waals surface area contributed by atoms with E-state index in [2.05, 4.69) is 45.6 Å². The zero-order valence-corrected chi connectivity index (χ0v) is 23.0. The minimum Gasteiger partial charge on any atom is -0.486 e. The first kappa shape index (κ1) is 26.1. The second kappa shape index (κ2) is 11.1. The number of hydrogen-bond acceptors (Lipinski definition) is 4. The lowest BCUT2D eigenvalue weighted by Gasteiger charge is -2.11. The predicted molar refractivity (Wildman–Crippen MR) is 154 cm³/mol. The van der Waals surface area contributed by atoms with Gasteiger partial charge in [-0.05, 0) is 94.4 Å². The minimum absolute atomic E-state index is 0.154. The SMILES string of the molecule is Cc1ccc(C)n1-c1ccc(OCc2ccc(C(=O)N/N=C/c3cc(C)n(-c4ccccc4Cl)c3C)o2)cc1. The fourth-order valence-electron chi connectivity index (χ4n) is 4.64. The van der Waals surface area contributed by atoms with Crippen LogP contribution < -0.4 is 10.2 Å². The molecule has 0 aliphatic carbocycles. The number of hydrazone groups is 1. The van der Waals surface area contributed by atoms with Crippen LogP contribution in [0.15, 0.2) is 88.4 Å². The lowest BCUT2D eigenvalue weighted by atomic mass is 10.2. The molecule has 0 aliphatic rings. The van der Waals surface area contributed by atoms with Gasteiger partial charge in [-0.15, -0.1) is 0 Å². The van der Waals surface area contributed by atoms with Crippen LogP contribution in [0.4, 0.5) is 0 Å². The van der Waals surface area contributed by atoms with Crippen molar-refractivity contribution in [1.82, 2.24) is 14.6 Å². The topological polar surface area (TPSA) is 73.7 Å². The van der Waals surface area contributed by atoms with Crippen molar-refractivity contribution in [1.29, 1.82) is 0 Å². The molecule has 1 N–H and O–H groups in total. The monoisotopic (exact) mass is 540 g/mol. The summed E-state index contributed by atoms with van der Waals surface area (Å²) in [6, 6.07) is 25.0. The van der Waals surface area contributed by atoms with Gasteiger partial charge in [0, 0.05) is 34.0 Å². The molecule has 0 saturated heterocycles. The summed E-state index contributed by atoms with van der Waals surface area (Å²) >= 11 is 6.39. The molecule has 0 saturated carbocycles. The van der Waals surface area contributed by atoms with Gasteiger partial charge in [0.1, 0.15) is 18.1 Å². The van der Waals surface area contributed by atoms with E-state index in [1.165, 1.54) is 11.4 Å². The summed E-state index contributed by atoms with van der Waals surface area (Å²) in [6.07, 6.45) is 1.61. The van der Waals surface area contributed by atoms with Crippen molar-refractivity contribution in [3.05, 3.63) is 124 Å². The number of nitrogens with zero attached hydrogens (tertiary/aromatic N) is 3. The quantitative estimate of drug-likeness (QED) is 0.169. The van der Waals surface area contributed by atoms with Crippen LogP contribution in [-0.2, 0) is 6.61 Å². The van der Waals surface area contributed by atoms with E-state index in [9.17, 15) is 4.79 Å². The van der Waals surface area contributed by atoms with Crippen molar-refractivity contribution < 1.29 is 13.9 Å². The molecule has 198 valence electrons. The van der Waals surface area contributed by atoms with Crippen molar-refractivity contribution >= 4 is 23.7 Å². The van der Waals surface area contributed by atoms with Crippen LogP contribution in [0.3, 0.4) is 0 Å². The van der Waals surface area contributed by atoms with E-state index in [-0.39, 0.29) is 12.4 Å². The molecule has 3 heterocycles. The highest BCUT2D eigenvalue weighted by atomic mass is 35.5. The van der Waals surface area contributed by atoms with Crippen LogP contribution in [-0.4, -0.2) is 21.3 Å². The van der Waals surface area contributed by atoms with Gasteiger partial charge in [-0.3, -0.25) is 4.79 Å². The van der Waals surface area contributed by atoms with E-state index in [1.807, 2.05) is 68.4 Å². The molecule has 8 heteroatoms. The summed E-state index contributed by atoms with van der Waals surface area (Å²) in [7, 11) is 0. The number of nitrogens with one attached hydrogen (secondary N) is 1. The summed E-state index contributed by atoms with van der Waals surface area (Å²) in [4.78, 5) is 12.6. The number of aryl methyl sites for hydroxylation is 3. The molecule has 2 aromatic carbocycles. The normalized spacial score (nSPS) is 11.3. The van der Waals surface area contributed by atoms with Gasteiger partial charge in [-0.2, -0.15) is 5.10 Å². The fraction of sp³-hybridized carbons (Fsp3) is 0.161. The number of halogens is 1.